The minimum Gasteiger partial charge on any atom is -0.448 e. The van der Waals surface area contributed by atoms with Crippen molar-refractivity contribution in [1.29, 1.82) is 0 Å². The molecule has 0 N–H and O–H groups in total. The van der Waals surface area contributed by atoms with E-state index in [-0.39, 0.29) is 5.91 Å². The summed E-state index contributed by atoms with van der Waals surface area (Å²) in [4.78, 5) is 27.0. The Hall–Kier alpha value is -2.63. The minimum atomic E-state index is -0.788. The minimum absolute atomic E-state index is 0.121. The first-order chi connectivity index (χ1) is 12.6. The number of esters is 1. The summed E-state index contributed by atoms with van der Waals surface area (Å²) < 4.78 is 7.12. The maximum atomic E-state index is 12.8. The Kier molecular flexibility index (Phi) is 4.49. The van der Waals surface area contributed by atoms with Gasteiger partial charge in [-0.2, -0.15) is 5.10 Å². The highest BCUT2D eigenvalue weighted by Crippen LogP contribution is 2.39. The van der Waals surface area contributed by atoms with E-state index in [1.165, 1.54) is 0 Å². The van der Waals surface area contributed by atoms with Crippen LogP contribution in [0.3, 0.4) is 0 Å². The molecule has 2 aliphatic rings. The largest absolute Gasteiger partial charge is 0.448 e. The van der Waals surface area contributed by atoms with Gasteiger partial charge in [0.05, 0.1) is 11.4 Å². The lowest BCUT2D eigenvalue weighted by Gasteiger charge is -2.20. The molecule has 0 unspecified atom stereocenters. The summed E-state index contributed by atoms with van der Waals surface area (Å²) in [5.41, 5.74) is 2.10. The molecule has 0 radical (unpaired) electrons. The number of hydrogen-bond acceptors (Lipinski definition) is 4. The van der Waals surface area contributed by atoms with E-state index in [9.17, 15) is 9.59 Å². The summed E-state index contributed by atoms with van der Waals surface area (Å²) in [6.07, 6.45) is 3.44. The third-order valence-corrected chi connectivity index (χ3v) is 4.98. The van der Waals surface area contributed by atoms with Crippen LogP contribution in [0.5, 0.6) is 0 Å². The van der Waals surface area contributed by atoms with Crippen molar-refractivity contribution in [3.8, 4) is 5.69 Å². The van der Waals surface area contributed by atoms with Gasteiger partial charge in [-0.1, -0.05) is 18.2 Å². The number of aromatic nitrogens is 2. The summed E-state index contributed by atoms with van der Waals surface area (Å²) in [6, 6.07) is 11.3. The average Bonchev–Trinajstić information content (AvgIpc) is 3.19. The van der Waals surface area contributed by atoms with Gasteiger partial charge in [-0.3, -0.25) is 4.79 Å². The van der Waals surface area contributed by atoms with Crippen molar-refractivity contribution in [2.24, 2.45) is 0 Å². The zero-order chi connectivity index (χ0) is 18.1. The fourth-order valence-electron chi connectivity index (χ4n) is 3.36. The highest BCUT2D eigenvalue weighted by molar-refractivity contribution is 5.91. The quantitative estimate of drug-likeness (QED) is 0.775. The van der Waals surface area contributed by atoms with Crippen LogP contribution < -0.4 is 0 Å². The van der Waals surface area contributed by atoms with E-state index in [2.05, 4.69) is 5.10 Å². The second-order valence-electron chi connectivity index (χ2n) is 7.06. The molecule has 1 saturated heterocycles. The van der Waals surface area contributed by atoms with Gasteiger partial charge in [0.15, 0.2) is 11.8 Å². The standard InChI is InChI=1S/C20H23N3O3/c1-14(19(24)22-11-5-6-12-22)26-20(25)18-13-17(15-9-10-15)21-23(18)16-7-3-2-4-8-16/h2-4,7-8,13-15H,5-6,9-12H2,1H3/t14-/m1/s1. The molecular weight excluding hydrogens is 330 g/mol. The number of carbonyl (C=O) groups is 2. The third kappa shape index (κ3) is 3.36. The first-order valence-electron chi connectivity index (χ1n) is 9.28. The summed E-state index contributed by atoms with van der Waals surface area (Å²) >= 11 is 0. The fraction of sp³-hybridized carbons (Fsp3) is 0.450. The van der Waals surface area contributed by atoms with Crippen LogP contribution in [0.15, 0.2) is 36.4 Å². The maximum absolute atomic E-state index is 12.8. The molecule has 2 heterocycles. The topological polar surface area (TPSA) is 64.4 Å². The molecule has 136 valence electrons. The van der Waals surface area contributed by atoms with E-state index < -0.39 is 12.1 Å². The van der Waals surface area contributed by atoms with Crippen LogP contribution in [0.25, 0.3) is 5.69 Å². The van der Waals surface area contributed by atoms with Crippen molar-refractivity contribution >= 4 is 11.9 Å². The fourth-order valence-corrected chi connectivity index (χ4v) is 3.36. The molecular formula is C20H23N3O3. The lowest BCUT2D eigenvalue weighted by molar-refractivity contribution is -0.138. The van der Waals surface area contributed by atoms with Crippen molar-refractivity contribution in [1.82, 2.24) is 14.7 Å². The van der Waals surface area contributed by atoms with Gasteiger partial charge in [0.2, 0.25) is 0 Å². The van der Waals surface area contributed by atoms with Gasteiger partial charge in [0.1, 0.15) is 0 Å². The SMILES string of the molecule is C[C@@H](OC(=O)c1cc(C2CC2)nn1-c1ccccc1)C(=O)N1CCCC1. The van der Waals surface area contributed by atoms with Gasteiger partial charge >= 0.3 is 5.97 Å². The molecule has 1 aromatic carbocycles. The van der Waals surface area contributed by atoms with Gasteiger partial charge < -0.3 is 9.64 Å². The van der Waals surface area contributed by atoms with Gasteiger partial charge in [-0.15, -0.1) is 0 Å². The first-order valence-corrected chi connectivity index (χ1v) is 9.28. The molecule has 6 nitrogen and oxygen atoms in total. The number of amides is 1. The molecule has 1 amide bonds. The number of nitrogens with zero attached hydrogens (tertiary/aromatic N) is 3. The van der Waals surface area contributed by atoms with Crippen LogP contribution >= 0.6 is 0 Å². The summed E-state index contributed by atoms with van der Waals surface area (Å²) in [5, 5.41) is 4.61. The number of benzene rings is 1. The Morgan fingerprint density at radius 1 is 1.15 bits per heavy atom. The van der Waals surface area contributed by atoms with Gasteiger partial charge in [-0.25, -0.2) is 9.48 Å². The molecule has 2 aromatic rings. The molecule has 1 aliphatic carbocycles. The van der Waals surface area contributed by atoms with Crippen molar-refractivity contribution in [2.75, 3.05) is 13.1 Å². The molecule has 0 bridgehead atoms. The number of likely N-dealkylation sites (tertiary alicyclic amines) is 1. The number of rotatable bonds is 5. The monoisotopic (exact) mass is 353 g/mol. The summed E-state index contributed by atoms with van der Waals surface area (Å²) in [6.45, 7) is 3.13. The van der Waals surface area contributed by atoms with Crippen molar-refractivity contribution in [3.05, 3.63) is 47.8 Å². The van der Waals surface area contributed by atoms with Crippen LogP contribution in [0.2, 0.25) is 0 Å². The number of ether oxygens (including phenoxy) is 1. The normalized spacial score (nSPS) is 18.0. The van der Waals surface area contributed by atoms with E-state index in [0.717, 1.165) is 50.2 Å². The Morgan fingerprint density at radius 2 is 1.85 bits per heavy atom. The Bertz CT molecular complexity index is 805. The molecule has 1 saturated carbocycles. The molecule has 2 fully saturated rings. The highest BCUT2D eigenvalue weighted by atomic mass is 16.5. The molecule has 1 aliphatic heterocycles. The predicted molar refractivity (Wildman–Crippen MR) is 96.2 cm³/mol. The predicted octanol–water partition coefficient (Wildman–Crippen LogP) is 2.92. The van der Waals surface area contributed by atoms with E-state index in [0.29, 0.717) is 11.6 Å². The van der Waals surface area contributed by atoms with Crippen LogP contribution in [0, 0.1) is 0 Å². The zero-order valence-electron chi connectivity index (χ0n) is 14.9. The van der Waals surface area contributed by atoms with E-state index in [1.54, 1.807) is 22.6 Å². The van der Waals surface area contributed by atoms with Gasteiger partial charge in [0.25, 0.3) is 5.91 Å². The average molecular weight is 353 g/mol. The van der Waals surface area contributed by atoms with E-state index >= 15 is 0 Å². The van der Waals surface area contributed by atoms with E-state index in [1.807, 2.05) is 30.3 Å². The number of carbonyl (C=O) groups excluding carboxylic acids is 2. The smallest absolute Gasteiger partial charge is 0.357 e. The number of para-hydroxylation sites is 1. The molecule has 6 heteroatoms. The Balaban J connectivity index is 1.56. The molecule has 26 heavy (non-hydrogen) atoms. The van der Waals surface area contributed by atoms with Gasteiger partial charge in [0, 0.05) is 19.0 Å². The molecule has 4 rings (SSSR count). The van der Waals surface area contributed by atoms with Gasteiger partial charge in [-0.05, 0) is 50.8 Å². The summed E-state index contributed by atoms with van der Waals surface area (Å²) in [7, 11) is 0. The van der Waals surface area contributed by atoms with Crippen molar-refractivity contribution in [3.63, 3.8) is 0 Å². The van der Waals surface area contributed by atoms with Crippen molar-refractivity contribution in [2.45, 2.75) is 44.6 Å². The number of hydrogen-bond donors (Lipinski definition) is 0. The van der Waals surface area contributed by atoms with Crippen LogP contribution in [-0.2, 0) is 9.53 Å². The van der Waals surface area contributed by atoms with Crippen LogP contribution in [0.4, 0.5) is 0 Å². The van der Waals surface area contributed by atoms with Crippen molar-refractivity contribution < 1.29 is 14.3 Å². The maximum Gasteiger partial charge on any atom is 0.357 e. The second-order valence-corrected chi connectivity index (χ2v) is 7.06. The lowest BCUT2D eigenvalue weighted by Crippen LogP contribution is -2.38. The lowest BCUT2D eigenvalue weighted by atomic mass is 10.2. The third-order valence-electron chi connectivity index (χ3n) is 4.98. The molecule has 1 atom stereocenters. The first kappa shape index (κ1) is 16.8. The van der Waals surface area contributed by atoms with E-state index in [4.69, 9.17) is 4.74 Å². The Labute approximate surface area is 152 Å². The van der Waals surface area contributed by atoms with Crippen LogP contribution in [0.1, 0.15) is 54.7 Å². The second kappa shape index (κ2) is 6.94. The molecule has 0 spiro atoms. The summed E-state index contributed by atoms with van der Waals surface area (Å²) in [5.74, 6) is -0.201. The molecule has 1 aromatic heterocycles. The zero-order valence-corrected chi connectivity index (χ0v) is 14.9. The van der Waals surface area contributed by atoms with Crippen LogP contribution in [-0.4, -0.2) is 45.8 Å². The highest BCUT2D eigenvalue weighted by Gasteiger charge is 2.31. The Morgan fingerprint density at radius 3 is 2.50 bits per heavy atom.